The highest BCUT2D eigenvalue weighted by molar-refractivity contribution is 5.27. The van der Waals surface area contributed by atoms with Gasteiger partial charge in [0.1, 0.15) is 5.54 Å². The number of rotatable bonds is 3. The fourth-order valence-electron chi connectivity index (χ4n) is 1.53. The van der Waals surface area contributed by atoms with Gasteiger partial charge in [-0.1, -0.05) is 13.0 Å². The van der Waals surface area contributed by atoms with E-state index < -0.39 is 23.3 Å². The van der Waals surface area contributed by atoms with Crippen molar-refractivity contribution in [1.82, 2.24) is 5.32 Å². The van der Waals surface area contributed by atoms with Gasteiger partial charge >= 0.3 is 6.18 Å². The summed E-state index contributed by atoms with van der Waals surface area (Å²) in [6, 6.07) is 2.17. The van der Waals surface area contributed by atoms with E-state index in [-0.39, 0.29) is 12.1 Å². The Hall–Kier alpha value is -1.17. The largest absolute Gasteiger partial charge is 0.410 e. The molecule has 1 N–H and O–H groups in total. The Labute approximate surface area is 95.6 Å². The molecule has 0 aliphatic heterocycles. The van der Waals surface area contributed by atoms with E-state index in [0.717, 1.165) is 13.0 Å². The van der Waals surface area contributed by atoms with Gasteiger partial charge in [-0.05, 0) is 31.2 Å². The summed E-state index contributed by atoms with van der Waals surface area (Å²) in [5, 5.41) is 2.25. The predicted octanol–water partition coefficient (Wildman–Crippen LogP) is 3.35. The van der Waals surface area contributed by atoms with Crippen molar-refractivity contribution in [2.75, 3.05) is 6.54 Å². The molecule has 1 unspecified atom stereocenters. The van der Waals surface area contributed by atoms with Crippen LogP contribution in [0.1, 0.15) is 19.4 Å². The summed E-state index contributed by atoms with van der Waals surface area (Å²) in [6.07, 6.45) is -4.60. The van der Waals surface area contributed by atoms with Crippen molar-refractivity contribution in [3.05, 3.63) is 35.4 Å². The minimum atomic E-state index is -4.60. The first-order valence-electron chi connectivity index (χ1n) is 4.99. The van der Waals surface area contributed by atoms with Crippen LogP contribution in [-0.2, 0) is 5.54 Å². The third-order valence-corrected chi connectivity index (χ3v) is 2.59. The lowest BCUT2D eigenvalue weighted by atomic mass is 9.91. The topological polar surface area (TPSA) is 12.0 Å². The molecule has 1 atom stereocenters. The van der Waals surface area contributed by atoms with E-state index in [0.29, 0.717) is 12.1 Å². The van der Waals surface area contributed by atoms with E-state index in [1.807, 2.05) is 0 Å². The van der Waals surface area contributed by atoms with Crippen LogP contribution >= 0.6 is 0 Å². The molecule has 0 heterocycles. The van der Waals surface area contributed by atoms with Crippen LogP contribution in [0, 0.1) is 11.6 Å². The molecule has 96 valence electrons. The first kappa shape index (κ1) is 13.9. The maximum absolute atomic E-state index is 13.0. The minimum Gasteiger partial charge on any atom is -0.300 e. The molecule has 1 aromatic rings. The van der Waals surface area contributed by atoms with Gasteiger partial charge in [-0.2, -0.15) is 13.2 Å². The Morgan fingerprint density at radius 1 is 1.12 bits per heavy atom. The molecular weight excluding hydrogens is 241 g/mol. The van der Waals surface area contributed by atoms with E-state index in [9.17, 15) is 22.0 Å². The van der Waals surface area contributed by atoms with Crippen molar-refractivity contribution in [3.8, 4) is 0 Å². The molecule has 0 aliphatic carbocycles. The first-order chi connectivity index (χ1) is 7.72. The highest BCUT2D eigenvalue weighted by Gasteiger charge is 2.52. The van der Waals surface area contributed by atoms with Gasteiger partial charge in [0.05, 0.1) is 0 Å². The fraction of sp³-hybridized carbons (Fsp3) is 0.455. The van der Waals surface area contributed by atoms with Crippen molar-refractivity contribution in [2.45, 2.75) is 25.6 Å². The number of benzene rings is 1. The van der Waals surface area contributed by atoms with E-state index in [1.54, 1.807) is 0 Å². The van der Waals surface area contributed by atoms with Gasteiger partial charge in [-0.25, -0.2) is 8.78 Å². The average Bonchev–Trinajstić information content (AvgIpc) is 2.20. The smallest absolute Gasteiger partial charge is 0.300 e. The Morgan fingerprint density at radius 3 is 2.12 bits per heavy atom. The SMILES string of the molecule is CCNC(C)(c1ccc(F)c(F)c1)C(F)(F)F. The van der Waals surface area contributed by atoms with Crippen LogP contribution in [0.5, 0.6) is 0 Å². The first-order valence-corrected chi connectivity index (χ1v) is 4.99. The number of hydrogen-bond acceptors (Lipinski definition) is 1. The molecule has 0 aliphatic rings. The zero-order valence-corrected chi connectivity index (χ0v) is 9.33. The predicted molar refractivity (Wildman–Crippen MR) is 53.4 cm³/mol. The maximum Gasteiger partial charge on any atom is 0.410 e. The van der Waals surface area contributed by atoms with Gasteiger partial charge in [0.25, 0.3) is 0 Å². The molecular formula is C11H12F5N. The molecule has 0 aromatic heterocycles. The van der Waals surface area contributed by atoms with Gasteiger partial charge in [-0.15, -0.1) is 0 Å². The number of alkyl halides is 3. The molecule has 17 heavy (non-hydrogen) atoms. The summed E-state index contributed by atoms with van der Waals surface area (Å²) in [5.74, 6) is -2.47. The Morgan fingerprint density at radius 2 is 1.71 bits per heavy atom. The molecule has 0 spiro atoms. The summed E-state index contributed by atoms with van der Waals surface area (Å²) >= 11 is 0. The van der Waals surface area contributed by atoms with E-state index in [1.165, 1.54) is 6.92 Å². The molecule has 0 saturated carbocycles. The van der Waals surface area contributed by atoms with Crippen molar-refractivity contribution in [2.24, 2.45) is 0 Å². The third-order valence-electron chi connectivity index (χ3n) is 2.59. The summed E-state index contributed by atoms with van der Waals surface area (Å²) in [4.78, 5) is 0. The Balaban J connectivity index is 3.28. The summed E-state index contributed by atoms with van der Waals surface area (Å²) in [7, 11) is 0. The monoisotopic (exact) mass is 253 g/mol. The molecule has 0 radical (unpaired) electrons. The van der Waals surface area contributed by atoms with Crippen LogP contribution in [-0.4, -0.2) is 12.7 Å². The number of nitrogens with one attached hydrogen (secondary N) is 1. The number of halogens is 5. The van der Waals surface area contributed by atoms with Crippen LogP contribution in [0.25, 0.3) is 0 Å². The van der Waals surface area contributed by atoms with Gasteiger partial charge < -0.3 is 5.32 Å². The highest BCUT2D eigenvalue weighted by Crippen LogP contribution is 2.38. The lowest BCUT2D eigenvalue weighted by molar-refractivity contribution is -0.195. The lowest BCUT2D eigenvalue weighted by Crippen LogP contribution is -2.51. The summed E-state index contributed by atoms with van der Waals surface area (Å²) in [5.41, 5.74) is -2.75. The van der Waals surface area contributed by atoms with Gasteiger partial charge in [0.15, 0.2) is 11.6 Å². The molecule has 0 fully saturated rings. The van der Waals surface area contributed by atoms with E-state index in [2.05, 4.69) is 5.32 Å². The molecule has 6 heteroatoms. The van der Waals surface area contributed by atoms with Crippen molar-refractivity contribution in [3.63, 3.8) is 0 Å². The summed E-state index contributed by atoms with van der Waals surface area (Å²) < 4.78 is 64.5. The second kappa shape index (κ2) is 4.60. The van der Waals surface area contributed by atoms with Crippen LogP contribution in [0.3, 0.4) is 0 Å². The van der Waals surface area contributed by atoms with Crippen molar-refractivity contribution in [1.29, 1.82) is 0 Å². The Bertz CT molecular complexity index is 401. The molecule has 1 nitrogen and oxygen atoms in total. The van der Waals surface area contributed by atoms with E-state index >= 15 is 0 Å². The van der Waals surface area contributed by atoms with Crippen LogP contribution in [0.15, 0.2) is 18.2 Å². The van der Waals surface area contributed by atoms with E-state index in [4.69, 9.17) is 0 Å². The zero-order valence-electron chi connectivity index (χ0n) is 9.33. The van der Waals surface area contributed by atoms with Crippen molar-refractivity contribution < 1.29 is 22.0 Å². The van der Waals surface area contributed by atoms with Gasteiger partial charge in [-0.3, -0.25) is 0 Å². The normalized spacial score (nSPS) is 15.7. The molecule has 0 saturated heterocycles. The quantitative estimate of drug-likeness (QED) is 0.814. The highest BCUT2D eigenvalue weighted by atomic mass is 19.4. The number of hydrogen-bond donors (Lipinski definition) is 1. The standard InChI is InChI=1S/C11H12F5N/c1-3-17-10(2,11(14,15)16)7-4-5-8(12)9(13)6-7/h4-6,17H,3H2,1-2H3. The second-order valence-electron chi connectivity index (χ2n) is 3.78. The molecule has 1 rings (SSSR count). The zero-order chi connectivity index (χ0) is 13.3. The molecule has 0 amide bonds. The average molecular weight is 253 g/mol. The maximum atomic E-state index is 13.0. The van der Waals surface area contributed by atoms with Gasteiger partial charge in [0, 0.05) is 0 Å². The van der Waals surface area contributed by atoms with Crippen LogP contribution in [0.4, 0.5) is 22.0 Å². The minimum absolute atomic E-state index is 0.0506. The van der Waals surface area contributed by atoms with Gasteiger partial charge in [0.2, 0.25) is 0 Å². The lowest BCUT2D eigenvalue weighted by Gasteiger charge is -2.33. The Kier molecular flexibility index (Phi) is 3.76. The molecule has 1 aromatic carbocycles. The van der Waals surface area contributed by atoms with Crippen LogP contribution < -0.4 is 5.32 Å². The third kappa shape index (κ3) is 2.57. The molecule has 0 bridgehead atoms. The second-order valence-corrected chi connectivity index (χ2v) is 3.78. The fourth-order valence-corrected chi connectivity index (χ4v) is 1.53. The van der Waals surface area contributed by atoms with Crippen LogP contribution in [0.2, 0.25) is 0 Å². The summed E-state index contributed by atoms with van der Waals surface area (Å²) in [6.45, 7) is 2.45. The van der Waals surface area contributed by atoms with Crippen molar-refractivity contribution >= 4 is 0 Å².